The average molecular weight is 344 g/mol. The van der Waals surface area contributed by atoms with Crippen LogP contribution in [-0.2, 0) is 16.0 Å². The molecule has 0 saturated carbocycles. The first kappa shape index (κ1) is 18.4. The van der Waals surface area contributed by atoms with Crippen LogP contribution in [0.5, 0.6) is 5.75 Å². The van der Waals surface area contributed by atoms with E-state index in [4.69, 9.17) is 4.74 Å². The van der Waals surface area contributed by atoms with E-state index in [2.05, 4.69) is 10.6 Å². The molecule has 25 heavy (non-hydrogen) atoms. The van der Waals surface area contributed by atoms with Gasteiger partial charge in [-0.3, -0.25) is 9.59 Å². The number of methoxy groups -OCH3 is 1. The van der Waals surface area contributed by atoms with E-state index >= 15 is 0 Å². The highest BCUT2D eigenvalue weighted by molar-refractivity contribution is 6.39. The summed E-state index contributed by atoms with van der Waals surface area (Å²) in [5.74, 6) is -1.18. The van der Waals surface area contributed by atoms with E-state index in [1.165, 1.54) is 18.2 Å². The van der Waals surface area contributed by atoms with Crippen molar-refractivity contribution in [2.45, 2.75) is 26.3 Å². The van der Waals surface area contributed by atoms with E-state index in [0.29, 0.717) is 17.7 Å². The summed E-state index contributed by atoms with van der Waals surface area (Å²) >= 11 is 0. The molecule has 0 aliphatic carbocycles. The molecule has 0 fully saturated rings. The van der Waals surface area contributed by atoms with Crippen LogP contribution in [0.25, 0.3) is 0 Å². The van der Waals surface area contributed by atoms with Gasteiger partial charge in [-0.25, -0.2) is 4.39 Å². The summed E-state index contributed by atoms with van der Waals surface area (Å²) in [5, 5.41) is 5.14. The topological polar surface area (TPSA) is 67.4 Å². The van der Waals surface area contributed by atoms with Crippen LogP contribution in [0.2, 0.25) is 0 Å². The number of aryl methyl sites for hydroxylation is 1. The molecule has 0 spiro atoms. The second-order valence-electron chi connectivity index (χ2n) is 5.84. The fourth-order valence-electron chi connectivity index (χ4n) is 2.44. The van der Waals surface area contributed by atoms with Crippen LogP contribution in [0.15, 0.2) is 42.5 Å². The monoisotopic (exact) mass is 344 g/mol. The maximum absolute atomic E-state index is 13.1. The third-order valence-corrected chi connectivity index (χ3v) is 3.70. The Balaban J connectivity index is 1.92. The Morgan fingerprint density at radius 1 is 1.16 bits per heavy atom. The van der Waals surface area contributed by atoms with E-state index in [1.807, 2.05) is 31.2 Å². The Kier molecular flexibility index (Phi) is 6.11. The van der Waals surface area contributed by atoms with Crippen LogP contribution in [0.3, 0.4) is 0 Å². The Labute approximate surface area is 146 Å². The first-order valence-corrected chi connectivity index (χ1v) is 7.90. The molecule has 0 aliphatic heterocycles. The summed E-state index contributed by atoms with van der Waals surface area (Å²) in [7, 11) is 1.59. The number of hydrogen-bond acceptors (Lipinski definition) is 3. The van der Waals surface area contributed by atoms with Crippen molar-refractivity contribution in [2.75, 3.05) is 12.4 Å². The van der Waals surface area contributed by atoms with Crippen LogP contribution < -0.4 is 15.4 Å². The molecule has 2 N–H and O–H groups in total. The first-order valence-electron chi connectivity index (χ1n) is 7.90. The SMILES string of the molecule is COc1cccc(C[C@H](C)NC(=O)C(=O)Nc2ccc(F)cc2C)c1. The van der Waals surface area contributed by atoms with Crippen molar-refractivity contribution < 1.29 is 18.7 Å². The molecule has 0 unspecified atom stereocenters. The molecule has 5 nitrogen and oxygen atoms in total. The molecule has 2 amide bonds. The largest absolute Gasteiger partial charge is 0.497 e. The fourth-order valence-corrected chi connectivity index (χ4v) is 2.44. The number of carbonyl (C=O) groups is 2. The van der Waals surface area contributed by atoms with Crippen molar-refractivity contribution in [1.29, 1.82) is 0 Å². The number of benzene rings is 2. The number of hydrogen-bond donors (Lipinski definition) is 2. The van der Waals surface area contributed by atoms with Gasteiger partial charge in [0.25, 0.3) is 0 Å². The standard InChI is InChI=1S/C19H21FN2O3/c1-12-9-15(20)7-8-17(12)22-19(24)18(23)21-13(2)10-14-5-4-6-16(11-14)25-3/h4-9,11,13H,10H2,1-3H3,(H,21,23)(H,22,24)/t13-/m0/s1. The summed E-state index contributed by atoms with van der Waals surface area (Å²) in [5.41, 5.74) is 1.94. The highest BCUT2D eigenvalue weighted by Crippen LogP contribution is 2.16. The predicted molar refractivity (Wildman–Crippen MR) is 94.1 cm³/mol. The third kappa shape index (κ3) is 5.31. The minimum Gasteiger partial charge on any atom is -0.497 e. The van der Waals surface area contributed by atoms with E-state index in [1.54, 1.807) is 14.0 Å². The maximum atomic E-state index is 13.1. The van der Waals surface area contributed by atoms with Crippen molar-refractivity contribution >= 4 is 17.5 Å². The van der Waals surface area contributed by atoms with Gasteiger partial charge in [-0.15, -0.1) is 0 Å². The van der Waals surface area contributed by atoms with Gasteiger partial charge >= 0.3 is 11.8 Å². The number of nitrogens with one attached hydrogen (secondary N) is 2. The number of carbonyl (C=O) groups excluding carboxylic acids is 2. The van der Waals surface area contributed by atoms with Crippen molar-refractivity contribution in [3.8, 4) is 5.75 Å². The van der Waals surface area contributed by atoms with E-state index < -0.39 is 17.6 Å². The summed E-state index contributed by atoms with van der Waals surface area (Å²) < 4.78 is 18.2. The van der Waals surface area contributed by atoms with Gasteiger partial charge in [0.05, 0.1) is 7.11 Å². The first-order chi connectivity index (χ1) is 11.9. The zero-order valence-corrected chi connectivity index (χ0v) is 14.4. The molecule has 0 saturated heterocycles. The Morgan fingerprint density at radius 2 is 1.92 bits per heavy atom. The fraction of sp³-hybridized carbons (Fsp3) is 0.263. The highest BCUT2D eigenvalue weighted by atomic mass is 19.1. The molecular formula is C19H21FN2O3. The third-order valence-electron chi connectivity index (χ3n) is 3.70. The van der Waals surface area contributed by atoms with Gasteiger partial charge in [0.2, 0.25) is 0 Å². The number of halogens is 1. The summed E-state index contributed by atoms with van der Waals surface area (Å²) in [6, 6.07) is 11.2. The van der Waals surface area contributed by atoms with Crippen molar-refractivity contribution in [3.05, 3.63) is 59.4 Å². The second kappa shape index (κ2) is 8.28. The second-order valence-corrected chi connectivity index (χ2v) is 5.84. The molecule has 0 radical (unpaired) electrons. The summed E-state index contributed by atoms with van der Waals surface area (Å²) in [4.78, 5) is 24.0. The Bertz CT molecular complexity index is 777. The Morgan fingerprint density at radius 3 is 2.60 bits per heavy atom. The van der Waals surface area contributed by atoms with Crippen LogP contribution in [-0.4, -0.2) is 25.0 Å². The van der Waals surface area contributed by atoms with Gasteiger partial charge in [0, 0.05) is 11.7 Å². The molecule has 2 aromatic rings. The van der Waals surface area contributed by atoms with Gasteiger partial charge in [0.1, 0.15) is 11.6 Å². The predicted octanol–water partition coefficient (Wildman–Crippen LogP) is 2.83. The lowest BCUT2D eigenvalue weighted by molar-refractivity contribution is -0.136. The summed E-state index contributed by atoms with van der Waals surface area (Å²) in [6.07, 6.45) is 0.561. The minimum atomic E-state index is -0.785. The molecule has 0 aliphatic rings. The lowest BCUT2D eigenvalue weighted by Crippen LogP contribution is -2.41. The zero-order chi connectivity index (χ0) is 18.4. The van der Waals surface area contributed by atoms with Crippen molar-refractivity contribution in [1.82, 2.24) is 5.32 Å². The number of ether oxygens (including phenoxy) is 1. The van der Waals surface area contributed by atoms with Crippen molar-refractivity contribution in [3.63, 3.8) is 0 Å². The number of amides is 2. The molecule has 2 rings (SSSR count). The van der Waals surface area contributed by atoms with Crippen LogP contribution in [0, 0.1) is 12.7 Å². The van der Waals surface area contributed by atoms with E-state index in [-0.39, 0.29) is 6.04 Å². The van der Waals surface area contributed by atoms with Crippen LogP contribution >= 0.6 is 0 Å². The number of rotatable bonds is 5. The van der Waals surface area contributed by atoms with Gasteiger partial charge < -0.3 is 15.4 Å². The molecule has 6 heteroatoms. The van der Waals surface area contributed by atoms with Gasteiger partial charge in [-0.05, 0) is 61.7 Å². The van der Waals surface area contributed by atoms with Gasteiger partial charge in [0.15, 0.2) is 0 Å². The van der Waals surface area contributed by atoms with Gasteiger partial charge in [-0.2, -0.15) is 0 Å². The van der Waals surface area contributed by atoms with E-state index in [0.717, 1.165) is 11.3 Å². The lowest BCUT2D eigenvalue weighted by Gasteiger charge is -2.15. The minimum absolute atomic E-state index is 0.236. The maximum Gasteiger partial charge on any atom is 0.313 e. The molecule has 0 heterocycles. The number of anilines is 1. The molecular weight excluding hydrogens is 323 g/mol. The Hall–Kier alpha value is -2.89. The smallest absolute Gasteiger partial charge is 0.313 e. The molecule has 1 atom stereocenters. The molecule has 2 aromatic carbocycles. The van der Waals surface area contributed by atoms with Crippen LogP contribution in [0.4, 0.5) is 10.1 Å². The quantitative estimate of drug-likeness (QED) is 0.820. The molecule has 0 bridgehead atoms. The highest BCUT2D eigenvalue weighted by Gasteiger charge is 2.17. The van der Waals surface area contributed by atoms with Gasteiger partial charge in [-0.1, -0.05) is 12.1 Å². The van der Waals surface area contributed by atoms with Crippen molar-refractivity contribution in [2.24, 2.45) is 0 Å². The zero-order valence-electron chi connectivity index (χ0n) is 14.4. The summed E-state index contributed by atoms with van der Waals surface area (Å²) in [6.45, 7) is 3.47. The average Bonchev–Trinajstić information content (AvgIpc) is 2.57. The van der Waals surface area contributed by atoms with E-state index in [9.17, 15) is 14.0 Å². The normalized spacial score (nSPS) is 11.5. The molecule has 0 aromatic heterocycles. The van der Waals surface area contributed by atoms with Crippen LogP contribution in [0.1, 0.15) is 18.1 Å². The molecule has 132 valence electrons. The lowest BCUT2D eigenvalue weighted by atomic mass is 10.1.